The molecule has 0 bridgehead atoms. The predicted molar refractivity (Wildman–Crippen MR) is 107 cm³/mol. The first-order chi connectivity index (χ1) is 13.5. The number of ether oxygens (including phenoxy) is 3. The Morgan fingerprint density at radius 1 is 1.00 bits per heavy atom. The topological polar surface area (TPSA) is 73.9 Å². The van der Waals surface area contributed by atoms with Gasteiger partial charge in [0, 0.05) is 6.54 Å². The number of benzene rings is 2. The van der Waals surface area contributed by atoms with Gasteiger partial charge in [0.1, 0.15) is 11.5 Å². The van der Waals surface area contributed by atoms with Crippen LogP contribution in [-0.2, 0) is 20.7 Å². The summed E-state index contributed by atoms with van der Waals surface area (Å²) in [7, 11) is 1.61. The van der Waals surface area contributed by atoms with Gasteiger partial charge in [0.05, 0.1) is 7.11 Å². The zero-order chi connectivity index (χ0) is 20.4. The van der Waals surface area contributed by atoms with Crippen LogP contribution in [0.25, 0.3) is 0 Å². The van der Waals surface area contributed by atoms with E-state index in [-0.39, 0.29) is 19.1 Å². The average Bonchev–Trinajstić information content (AvgIpc) is 2.71. The average molecular weight is 385 g/mol. The SMILES string of the molecule is COc1ccccc1CCNC(=O)COC(=O)COc1ccc(C(C)C)cc1. The van der Waals surface area contributed by atoms with Crippen LogP contribution < -0.4 is 14.8 Å². The zero-order valence-electron chi connectivity index (χ0n) is 16.6. The van der Waals surface area contributed by atoms with Crippen molar-refractivity contribution in [2.75, 3.05) is 26.9 Å². The van der Waals surface area contributed by atoms with Gasteiger partial charge < -0.3 is 19.5 Å². The molecule has 150 valence electrons. The highest BCUT2D eigenvalue weighted by atomic mass is 16.6. The van der Waals surface area contributed by atoms with Gasteiger partial charge in [-0.1, -0.05) is 44.2 Å². The minimum atomic E-state index is -0.590. The summed E-state index contributed by atoms with van der Waals surface area (Å²) in [5, 5.41) is 2.72. The molecule has 0 saturated carbocycles. The molecule has 0 aliphatic carbocycles. The number of nitrogens with one attached hydrogen (secondary N) is 1. The van der Waals surface area contributed by atoms with Gasteiger partial charge in [-0.3, -0.25) is 4.79 Å². The van der Waals surface area contributed by atoms with Crippen LogP contribution in [0.5, 0.6) is 11.5 Å². The van der Waals surface area contributed by atoms with Gasteiger partial charge >= 0.3 is 5.97 Å². The maximum atomic E-state index is 11.8. The van der Waals surface area contributed by atoms with Crippen LogP contribution in [0, 0.1) is 0 Å². The van der Waals surface area contributed by atoms with Crippen molar-refractivity contribution in [3.05, 3.63) is 59.7 Å². The summed E-state index contributed by atoms with van der Waals surface area (Å²) in [6.45, 7) is 4.06. The minimum Gasteiger partial charge on any atom is -0.496 e. The number of para-hydroxylation sites is 1. The summed E-state index contributed by atoms with van der Waals surface area (Å²) in [5.74, 6) is 0.849. The number of carbonyl (C=O) groups is 2. The third kappa shape index (κ3) is 6.95. The van der Waals surface area contributed by atoms with E-state index >= 15 is 0 Å². The molecule has 0 aromatic heterocycles. The molecule has 0 aliphatic heterocycles. The third-order valence-electron chi connectivity index (χ3n) is 4.18. The molecule has 0 radical (unpaired) electrons. The highest BCUT2D eigenvalue weighted by Gasteiger charge is 2.09. The van der Waals surface area contributed by atoms with Crippen molar-refractivity contribution >= 4 is 11.9 Å². The lowest BCUT2D eigenvalue weighted by atomic mass is 10.0. The van der Waals surface area contributed by atoms with E-state index in [4.69, 9.17) is 14.2 Å². The van der Waals surface area contributed by atoms with Crippen LogP contribution in [0.3, 0.4) is 0 Å². The molecule has 0 fully saturated rings. The van der Waals surface area contributed by atoms with Gasteiger partial charge in [0.15, 0.2) is 13.2 Å². The van der Waals surface area contributed by atoms with Crippen molar-refractivity contribution in [3.8, 4) is 11.5 Å². The quantitative estimate of drug-likeness (QED) is 0.636. The Morgan fingerprint density at radius 3 is 2.39 bits per heavy atom. The maximum absolute atomic E-state index is 11.8. The normalized spacial score (nSPS) is 10.4. The first-order valence-electron chi connectivity index (χ1n) is 9.26. The highest BCUT2D eigenvalue weighted by molar-refractivity contribution is 5.80. The van der Waals surface area contributed by atoms with Crippen molar-refractivity contribution in [2.45, 2.75) is 26.2 Å². The van der Waals surface area contributed by atoms with Crippen molar-refractivity contribution in [1.29, 1.82) is 0 Å². The molecular weight excluding hydrogens is 358 g/mol. The van der Waals surface area contributed by atoms with Crippen LogP contribution in [0.1, 0.15) is 30.9 Å². The summed E-state index contributed by atoms with van der Waals surface area (Å²) < 4.78 is 15.6. The number of rotatable bonds is 10. The lowest BCUT2D eigenvalue weighted by Crippen LogP contribution is -2.31. The molecule has 6 nitrogen and oxygen atoms in total. The summed E-state index contributed by atoms with van der Waals surface area (Å²) in [6, 6.07) is 15.2. The molecule has 0 atom stereocenters. The van der Waals surface area contributed by atoms with E-state index in [0.29, 0.717) is 24.6 Å². The fourth-order valence-electron chi connectivity index (χ4n) is 2.58. The van der Waals surface area contributed by atoms with Crippen LogP contribution in [0.4, 0.5) is 0 Å². The van der Waals surface area contributed by atoms with Gasteiger partial charge in [-0.25, -0.2) is 4.79 Å². The van der Waals surface area contributed by atoms with E-state index in [1.807, 2.05) is 48.5 Å². The lowest BCUT2D eigenvalue weighted by Gasteiger charge is -2.10. The monoisotopic (exact) mass is 385 g/mol. The molecule has 0 saturated heterocycles. The summed E-state index contributed by atoms with van der Waals surface area (Å²) in [4.78, 5) is 23.5. The third-order valence-corrected chi connectivity index (χ3v) is 4.18. The largest absolute Gasteiger partial charge is 0.496 e. The molecule has 0 spiro atoms. The van der Waals surface area contributed by atoms with Crippen LogP contribution in [-0.4, -0.2) is 38.7 Å². The second kappa shape index (κ2) is 11.0. The van der Waals surface area contributed by atoms with Crippen molar-refractivity contribution in [1.82, 2.24) is 5.32 Å². The molecular formula is C22H27NO5. The molecule has 2 rings (SSSR count). The molecule has 1 N–H and O–H groups in total. The van der Waals surface area contributed by atoms with E-state index in [9.17, 15) is 9.59 Å². The summed E-state index contributed by atoms with van der Waals surface area (Å²) in [5.41, 5.74) is 2.19. The van der Waals surface area contributed by atoms with E-state index < -0.39 is 5.97 Å². The number of esters is 1. The van der Waals surface area contributed by atoms with Crippen molar-refractivity contribution < 1.29 is 23.8 Å². The number of hydrogen-bond donors (Lipinski definition) is 1. The summed E-state index contributed by atoms with van der Waals surface area (Å²) >= 11 is 0. The molecule has 1 amide bonds. The van der Waals surface area contributed by atoms with Crippen molar-refractivity contribution in [3.63, 3.8) is 0 Å². The number of hydrogen-bond acceptors (Lipinski definition) is 5. The fourth-order valence-corrected chi connectivity index (χ4v) is 2.58. The van der Waals surface area contributed by atoms with Gasteiger partial charge in [0.25, 0.3) is 5.91 Å². The standard InChI is InChI=1S/C22H27NO5/c1-16(2)17-8-10-19(11-9-17)27-15-22(25)28-14-21(24)23-13-12-18-6-4-5-7-20(18)26-3/h4-11,16H,12-15H2,1-3H3,(H,23,24). The second-order valence-corrected chi connectivity index (χ2v) is 6.58. The highest BCUT2D eigenvalue weighted by Crippen LogP contribution is 2.18. The maximum Gasteiger partial charge on any atom is 0.344 e. The Labute approximate surface area is 165 Å². The van der Waals surface area contributed by atoms with Gasteiger partial charge in [-0.05, 0) is 41.7 Å². The lowest BCUT2D eigenvalue weighted by molar-refractivity contribution is -0.150. The van der Waals surface area contributed by atoms with E-state index in [1.54, 1.807) is 7.11 Å². The van der Waals surface area contributed by atoms with Crippen LogP contribution in [0.15, 0.2) is 48.5 Å². The second-order valence-electron chi connectivity index (χ2n) is 6.58. The molecule has 2 aromatic rings. The van der Waals surface area contributed by atoms with Crippen LogP contribution >= 0.6 is 0 Å². The molecule has 0 unspecified atom stereocenters. The van der Waals surface area contributed by atoms with E-state index in [0.717, 1.165) is 11.3 Å². The van der Waals surface area contributed by atoms with E-state index in [2.05, 4.69) is 19.2 Å². The van der Waals surface area contributed by atoms with Crippen molar-refractivity contribution in [2.24, 2.45) is 0 Å². The molecule has 0 heterocycles. The van der Waals surface area contributed by atoms with E-state index in [1.165, 1.54) is 5.56 Å². The number of amides is 1. The first-order valence-corrected chi connectivity index (χ1v) is 9.26. The molecule has 0 aliphatic rings. The Balaban J connectivity index is 1.64. The van der Waals surface area contributed by atoms with Gasteiger partial charge in [0.2, 0.25) is 0 Å². The van der Waals surface area contributed by atoms with Gasteiger partial charge in [-0.2, -0.15) is 0 Å². The smallest absolute Gasteiger partial charge is 0.344 e. The number of methoxy groups -OCH3 is 1. The fraction of sp³-hybridized carbons (Fsp3) is 0.364. The van der Waals surface area contributed by atoms with Crippen LogP contribution in [0.2, 0.25) is 0 Å². The molecule has 2 aromatic carbocycles. The predicted octanol–water partition coefficient (Wildman–Crippen LogP) is 3.10. The Morgan fingerprint density at radius 2 is 1.71 bits per heavy atom. The molecule has 6 heteroatoms. The van der Waals surface area contributed by atoms with Gasteiger partial charge in [-0.15, -0.1) is 0 Å². The Hall–Kier alpha value is -3.02. The zero-order valence-corrected chi connectivity index (χ0v) is 16.6. The Kier molecular flexibility index (Phi) is 8.34. The minimum absolute atomic E-state index is 0.241. The molecule has 28 heavy (non-hydrogen) atoms. The summed E-state index contributed by atoms with van der Waals surface area (Å²) in [6.07, 6.45) is 0.624. The first kappa shape index (κ1) is 21.3. The Bertz CT molecular complexity index is 771. The number of carbonyl (C=O) groups excluding carboxylic acids is 2.